The summed E-state index contributed by atoms with van der Waals surface area (Å²) in [6.07, 6.45) is 5.05. The summed E-state index contributed by atoms with van der Waals surface area (Å²) >= 11 is 0. The van der Waals surface area contributed by atoms with Gasteiger partial charge in [0.25, 0.3) is 5.91 Å². The molecule has 0 aromatic carbocycles. The van der Waals surface area contributed by atoms with Gasteiger partial charge in [-0.25, -0.2) is 0 Å². The van der Waals surface area contributed by atoms with Gasteiger partial charge in [-0.2, -0.15) is 5.26 Å². The van der Waals surface area contributed by atoms with E-state index in [2.05, 4.69) is 6.58 Å². The van der Waals surface area contributed by atoms with Crippen molar-refractivity contribution in [3.05, 3.63) is 54.1 Å². The smallest absolute Gasteiger partial charge is 0.259 e. The maximum atomic E-state index is 12.7. The van der Waals surface area contributed by atoms with Crippen LogP contribution >= 0.6 is 0 Å². The number of rotatable bonds is 6. The number of nitrogens with zero attached hydrogens (tertiary/aromatic N) is 3. The lowest BCUT2D eigenvalue weighted by molar-refractivity contribution is 0.0741. The van der Waals surface area contributed by atoms with Crippen LogP contribution in [0, 0.1) is 18.3 Å². The normalized spacial score (nSPS) is 10.2. The standard InChI is InChI=1S/C16H17N3O3/c1-3-6-18(9-10-20)15(21)14-12(2)22-16(13(14)11-17)19-7-4-5-8-19/h3-5,7-8,20H,1,6,9-10H2,2H3. The summed E-state index contributed by atoms with van der Waals surface area (Å²) in [6, 6.07) is 5.65. The zero-order chi connectivity index (χ0) is 16.1. The van der Waals surface area contributed by atoms with Crippen molar-refractivity contribution in [2.75, 3.05) is 19.7 Å². The molecule has 0 spiro atoms. The lowest BCUT2D eigenvalue weighted by atomic mass is 10.1. The number of carbonyl (C=O) groups excluding carboxylic acids is 1. The molecule has 0 radical (unpaired) electrons. The Labute approximate surface area is 128 Å². The van der Waals surface area contributed by atoms with Gasteiger partial charge in [-0.1, -0.05) is 6.08 Å². The summed E-state index contributed by atoms with van der Waals surface area (Å²) in [6.45, 7) is 5.53. The van der Waals surface area contributed by atoms with E-state index in [1.54, 1.807) is 42.1 Å². The molecule has 6 heteroatoms. The molecule has 0 bridgehead atoms. The van der Waals surface area contributed by atoms with Gasteiger partial charge in [-0.05, 0) is 19.1 Å². The molecule has 1 amide bonds. The second kappa shape index (κ2) is 6.78. The lowest BCUT2D eigenvalue weighted by Gasteiger charge is -2.19. The Hall–Kier alpha value is -2.78. The van der Waals surface area contributed by atoms with Crippen molar-refractivity contribution in [3.63, 3.8) is 0 Å². The number of aryl methyl sites for hydroxylation is 1. The van der Waals surface area contributed by atoms with Gasteiger partial charge in [0.05, 0.1) is 6.61 Å². The number of aliphatic hydroxyl groups is 1. The fourth-order valence-corrected chi connectivity index (χ4v) is 2.25. The quantitative estimate of drug-likeness (QED) is 0.825. The highest BCUT2D eigenvalue weighted by molar-refractivity contribution is 5.98. The molecule has 0 atom stereocenters. The number of carbonyl (C=O) groups is 1. The summed E-state index contributed by atoms with van der Waals surface area (Å²) in [4.78, 5) is 14.1. The molecule has 1 N–H and O–H groups in total. The molecule has 22 heavy (non-hydrogen) atoms. The Morgan fingerprint density at radius 1 is 1.55 bits per heavy atom. The molecule has 0 aliphatic rings. The van der Waals surface area contributed by atoms with Crippen molar-refractivity contribution in [1.82, 2.24) is 9.47 Å². The molecule has 0 aliphatic heterocycles. The summed E-state index contributed by atoms with van der Waals surface area (Å²) in [7, 11) is 0. The predicted molar refractivity (Wildman–Crippen MR) is 80.7 cm³/mol. The Morgan fingerprint density at radius 2 is 2.23 bits per heavy atom. The predicted octanol–water partition coefficient (Wildman–Crippen LogP) is 1.87. The third kappa shape index (κ3) is 2.80. The number of nitriles is 1. The topological polar surface area (TPSA) is 82.4 Å². The molecule has 0 fully saturated rings. The highest BCUT2D eigenvalue weighted by Crippen LogP contribution is 2.26. The van der Waals surface area contributed by atoms with Crippen LogP contribution in [0.5, 0.6) is 0 Å². The maximum Gasteiger partial charge on any atom is 0.259 e. The van der Waals surface area contributed by atoms with Gasteiger partial charge in [-0.15, -0.1) is 6.58 Å². The first-order valence-electron chi connectivity index (χ1n) is 6.81. The molecular weight excluding hydrogens is 282 g/mol. The third-order valence-electron chi connectivity index (χ3n) is 3.24. The van der Waals surface area contributed by atoms with Gasteiger partial charge in [0.15, 0.2) is 0 Å². The van der Waals surface area contributed by atoms with Gasteiger partial charge < -0.3 is 14.4 Å². The molecule has 0 aliphatic carbocycles. The monoisotopic (exact) mass is 299 g/mol. The minimum atomic E-state index is -0.356. The van der Waals surface area contributed by atoms with Crippen LogP contribution in [0.25, 0.3) is 5.88 Å². The fraction of sp³-hybridized carbons (Fsp3) is 0.250. The van der Waals surface area contributed by atoms with E-state index in [0.717, 1.165) is 0 Å². The molecule has 6 nitrogen and oxygen atoms in total. The van der Waals surface area contributed by atoms with Crippen molar-refractivity contribution in [2.45, 2.75) is 6.92 Å². The third-order valence-corrected chi connectivity index (χ3v) is 3.24. The van der Waals surface area contributed by atoms with Crippen molar-refractivity contribution < 1.29 is 14.3 Å². The number of furan rings is 1. The minimum absolute atomic E-state index is 0.164. The van der Waals surface area contributed by atoms with E-state index in [9.17, 15) is 10.1 Å². The van der Waals surface area contributed by atoms with Gasteiger partial charge in [0, 0.05) is 25.5 Å². The summed E-state index contributed by atoms with van der Waals surface area (Å²) in [5.41, 5.74) is 0.409. The number of hydrogen-bond donors (Lipinski definition) is 1. The zero-order valence-electron chi connectivity index (χ0n) is 12.3. The minimum Gasteiger partial charge on any atom is -0.443 e. The molecule has 2 aromatic heterocycles. The van der Waals surface area contributed by atoms with Gasteiger partial charge in [-0.3, -0.25) is 9.36 Å². The van der Waals surface area contributed by atoms with E-state index in [-0.39, 0.29) is 36.7 Å². The first-order valence-corrected chi connectivity index (χ1v) is 6.81. The van der Waals surface area contributed by atoms with Crippen LogP contribution in [0.1, 0.15) is 21.7 Å². The molecule has 2 aromatic rings. The van der Waals surface area contributed by atoms with Crippen molar-refractivity contribution in [2.24, 2.45) is 0 Å². The summed E-state index contributed by atoms with van der Waals surface area (Å²) in [5, 5.41) is 18.5. The zero-order valence-corrected chi connectivity index (χ0v) is 12.3. The molecule has 2 heterocycles. The van der Waals surface area contributed by atoms with Gasteiger partial charge >= 0.3 is 0 Å². The number of aliphatic hydroxyl groups excluding tert-OH is 1. The Balaban J connectivity index is 2.49. The van der Waals surface area contributed by atoms with Crippen molar-refractivity contribution >= 4 is 5.91 Å². The molecule has 2 rings (SSSR count). The van der Waals surface area contributed by atoms with Crippen molar-refractivity contribution in [1.29, 1.82) is 5.26 Å². The van der Waals surface area contributed by atoms with E-state index in [4.69, 9.17) is 9.52 Å². The van der Waals surface area contributed by atoms with Crippen LogP contribution in [-0.2, 0) is 0 Å². The fourth-order valence-electron chi connectivity index (χ4n) is 2.25. The molecular formula is C16H17N3O3. The second-order valence-corrected chi connectivity index (χ2v) is 4.68. The van der Waals surface area contributed by atoms with Crippen LogP contribution in [0.15, 0.2) is 41.6 Å². The highest BCUT2D eigenvalue weighted by Gasteiger charge is 2.27. The van der Waals surface area contributed by atoms with E-state index >= 15 is 0 Å². The number of amides is 1. The molecule has 114 valence electrons. The Kier molecular flexibility index (Phi) is 4.81. The van der Waals surface area contributed by atoms with Crippen LogP contribution in [0.2, 0.25) is 0 Å². The maximum absolute atomic E-state index is 12.7. The SMILES string of the molecule is C=CCN(CCO)C(=O)c1c(C)oc(-n2cccc2)c1C#N. The largest absolute Gasteiger partial charge is 0.443 e. The van der Waals surface area contributed by atoms with Crippen LogP contribution in [0.3, 0.4) is 0 Å². The Bertz CT molecular complexity index is 708. The van der Waals surface area contributed by atoms with Gasteiger partial charge in [0.2, 0.25) is 5.88 Å². The molecule has 0 saturated heterocycles. The highest BCUT2D eigenvalue weighted by atomic mass is 16.4. The average molecular weight is 299 g/mol. The Morgan fingerprint density at radius 3 is 2.77 bits per heavy atom. The molecule has 0 saturated carbocycles. The summed E-state index contributed by atoms with van der Waals surface area (Å²) < 4.78 is 7.26. The number of aromatic nitrogens is 1. The van der Waals surface area contributed by atoms with E-state index in [1.165, 1.54) is 4.90 Å². The first-order chi connectivity index (χ1) is 10.6. The second-order valence-electron chi connectivity index (χ2n) is 4.68. The summed E-state index contributed by atoms with van der Waals surface area (Å²) in [5.74, 6) is 0.332. The van der Waals surface area contributed by atoms with Crippen LogP contribution < -0.4 is 0 Å². The lowest BCUT2D eigenvalue weighted by Crippen LogP contribution is -2.34. The van der Waals surface area contributed by atoms with E-state index in [0.29, 0.717) is 11.6 Å². The van der Waals surface area contributed by atoms with Crippen LogP contribution in [0.4, 0.5) is 0 Å². The van der Waals surface area contributed by atoms with E-state index < -0.39 is 0 Å². The molecule has 0 unspecified atom stereocenters. The van der Waals surface area contributed by atoms with E-state index in [1.807, 2.05) is 6.07 Å². The first kappa shape index (κ1) is 15.6. The van der Waals surface area contributed by atoms with Gasteiger partial charge in [0.1, 0.15) is 23.0 Å². The van der Waals surface area contributed by atoms with Crippen molar-refractivity contribution in [3.8, 4) is 12.0 Å². The average Bonchev–Trinajstić information content (AvgIpc) is 3.13. The number of hydrogen-bond acceptors (Lipinski definition) is 4. The van der Waals surface area contributed by atoms with Crippen LogP contribution in [-0.4, -0.2) is 40.2 Å².